The SMILES string of the molecule is CCOc1cc(/N=C/N(C)CC)c(C)cc1C(O)(Cc1cccc(F)n1)C(F)(F)F. The van der Waals surface area contributed by atoms with Gasteiger partial charge in [-0.2, -0.15) is 17.6 Å². The molecule has 0 saturated carbocycles. The summed E-state index contributed by atoms with van der Waals surface area (Å²) in [5, 5.41) is 10.8. The van der Waals surface area contributed by atoms with E-state index in [9.17, 15) is 22.7 Å². The van der Waals surface area contributed by atoms with Gasteiger partial charge in [0.15, 0.2) is 5.60 Å². The van der Waals surface area contributed by atoms with Crippen molar-refractivity contribution >= 4 is 12.0 Å². The number of rotatable bonds is 8. The molecule has 164 valence electrons. The first-order valence-corrected chi connectivity index (χ1v) is 9.44. The molecule has 0 aliphatic rings. The summed E-state index contributed by atoms with van der Waals surface area (Å²) in [6.07, 6.45) is -4.47. The van der Waals surface area contributed by atoms with Crippen LogP contribution < -0.4 is 4.74 Å². The second-order valence-electron chi connectivity index (χ2n) is 6.87. The van der Waals surface area contributed by atoms with E-state index in [0.717, 1.165) is 6.07 Å². The van der Waals surface area contributed by atoms with Crippen molar-refractivity contribution < 1.29 is 27.4 Å². The van der Waals surface area contributed by atoms with Gasteiger partial charge in [0.2, 0.25) is 5.95 Å². The summed E-state index contributed by atoms with van der Waals surface area (Å²) >= 11 is 0. The van der Waals surface area contributed by atoms with E-state index in [1.54, 1.807) is 25.1 Å². The summed E-state index contributed by atoms with van der Waals surface area (Å²) < 4.78 is 61.0. The highest BCUT2D eigenvalue weighted by Crippen LogP contribution is 2.46. The van der Waals surface area contributed by atoms with Crippen LogP contribution in [0, 0.1) is 12.9 Å². The summed E-state index contributed by atoms with van der Waals surface area (Å²) in [6.45, 7) is 5.93. The molecule has 0 amide bonds. The molecule has 30 heavy (non-hydrogen) atoms. The lowest BCUT2D eigenvalue weighted by molar-refractivity contribution is -0.267. The third-order valence-electron chi connectivity index (χ3n) is 4.61. The molecule has 0 spiro atoms. The highest BCUT2D eigenvalue weighted by atomic mass is 19.4. The lowest BCUT2D eigenvalue weighted by atomic mass is 9.86. The van der Waals surface area contributed by atoms with Crippen LogP contribution in [0.1, 0.15) is 30.7 Å². The molecule has 2 aromatic rings. The number of aliphatic hydroxyl groups is 1. The van der Waals surface area contributed by atoms with E-state index in [0.29, 0.717) is 17.8 Å². The zero-order chi connectivity index (χ0) is 22.5. The van der Waals surface area contributed by atoms with Crippen LogP contribution in [-0.2, 0) is 12.0 Å². The van der Waals surface area contributed by atoms with Gasteiger partial charge in [-0.05, 0) is 44.5 Å². The molecule has 1 N–H and O–H groups in total. The van der Waals surface area contributed by atoms with Gasteiger partial charge < -0.3 is 14.7 Å². The van der Waals surface area contributed by atoms with Crippen LogP contribution in [0.25, 0.3) is 0 Å². The maximum absolute atomic E-state index is 14.1. The standard InChI is InChI=1S/C21H25F4N3O2/c1-5-28(4)13-26-17-11-18(30-6-2)16(10-14(17)3)20(29,21(23,24)25)12-15-8-7-9-19(22)27-15/h7-11,13,29H,5-6,12H2,1-4H3/b26-13+. The Hall–Kier alpha value is -2.68. The highest BCUT2D eigenvalue weighted by molar-refractivity contribution is 5.65. The first-order valence-electron chi connectivity index (χ1n) is 9.44. The Labute approximate surface area is 173 Å². The molecule has 0 aliphatic carbocycles. The number of aromatic nitrogens is 1. The monoisotopic (exact) mass is 427 g/mol. The number of nitrogens with zero attached hydrogens (tertiary/aromatic N) is 3. The molecule has 0 aliphatic heterocycles. The minimum atomic E-state index is -5.06. The van der Waals surface area contributed by atoms with Crippen molar-refractivity contribution in [2.45, 2.75) is 39.0 Å². The van der Waals surface area contributed by atoms with Gasteiger partial charge in [-0.3, -0.25) is 0 Å². The molecule has 0 saturated heterocycles. The molecule has 2 rings (SSSR count). The second-order valence-corrected chi connectivity index (χ2v) is 6.87. The van der Waals surface area contributed by atoms with E-state index in [-0.39, 0.29) is 18.1 Å². The molecule has 1 atom stereocenters. The molecule has 1 unspecified atom stereocenters. The van der Waals surface area contributed by atoms with Crippen molar-refractivity contribution in [2.24, 2.45) is 4.99 Å². The van der Waals surface area contributed by atoms with Crippen LogP contribution >= 0.6 is 0 Å². The minimum absolute atomic E-state index is 0.0836. The maximum Gasteiger partial charge on any atom is 0.421 e. The van der Waals surface area contributed by atoms with Gasteiger partial charge in [0.1, 0.15) is 5.75 Å². The fraction of sp³-hybridized carbons (Fsp3) is 0.429. The summed E-state index contributed by atoms with van der Waals surface area (Å²) in [4.78, 5) is 9.57. The molecule has 1 heterocycles. The van der Waals surface area contributed by atoms with E-state index in [2.05, 4.69) is 9.98 Å². The largest absolute Gasteiger partial charge is 0.493 e. The lowest BCUT2D eigenvalue weighted by Crippen LogP contribution is -2.44. The minimum Gasteiger partial charge on any atom is -0.493 e. The molecule has 5 nitrogen and oxygen atoms in total. The van der Waals surface area contributed by atoms with Gasteiger partial charge >= 0.3 is 6.18 Å². The zero-order valence-electron chi connectivity index (χ0n) is 17.3. The van der Waals surface area contributed by atoms with Gasteiger partial charge in [0.05, 0.1) is 18.6 Å². The highest BCUT2D eigenvalue weighted by Gasteiger charge is 2.56. The number of alkyl halides is 3. The van der Waals surface area contributed by atoms with Crippen molar-refractivity contribution in [3.05, 3.63) is 53.1 Å². The number of aryl methyl sites for hydroxylation is 1. The summed E-state index contributed by atoms with van der Waals surface area (Å²) in [6, 6.07) is 6.06. The smallest absolute Gasteiger partial charge is 0.421 e. The van der Waals surface area contributed by atoms with Crippen LogP contribution in [0.4, 0.5) is 23.2 Å². The van der Waals surface area contributed by atoms with Crippen molar-refractivity contribution in [1.82, 2.24) is 9.88 Å². The summed E-state index contributed by atoms with van der Waals surface area (Å²) in [7, 11) is 1.81. The van der Waals surface area contributed by atoms with Gasteiger partial charge in [-0.25, -0.2) is 9.98 Å². The normalized spacial score (nSPS) is 14.0. The Morgan fingerprint density at radius 2 is 1.93 bits per heavy atom. The number of hydrogen-bond donors (Lipinski definition) is 1. The number of halogens is 4. The van der Waals surface area contributed by atoms with Crippen molar-refractivity contribution in [1.29, 1.82) is 0 Å². The molecular formula is C21H25F4N3O2. The van der Waals surface area contributed by atoms with Gasteiger partial charge in [0.25, 0.3) is 0 Å². The summed E-state index contributed by atoms with van der Waals surface area (Å²) in [5.41, 5.74) is -3.20. The molecule has 1 aromatic heterocycles. The van der Waals surface area contributed by atoms with Crippen LogP contribution in [0.3, 0.4) is 0 Å². The first-order chi connectivity index (χ1) is 14.0. The third-order valence-corrected chi connectivity index (χ3v) is 4.61. The molecule has 0 radical (unpaired) electrons. The van der Waals surface area contributed by atoms with Crippen LogP contribution in [0.2, 0.25) is 0 Å². The number of ether oxygens (including phenoxy) is 1. The van der Waals surface area contributed by atoms with Gasteiger partial charge in [0, 0.05) is 37.3 Å². The molecule has 0 fully saturated rings. The number of hydrogen-bond acceptors (Lipinski definition) is 4. The van der Waals surface area contributed by atoms with Crippen molar-refractivity contribution in [3.63, 3.8) is 0 Å². The number of aliphatic imine (C=N–C) groups is 1. The van der Waals surface area contributed by atoms with Crippen LogP contribution in [-0.4, -0.2) is 47.7 Å². The van der Waals surface area contributed by atoms with Crippen molar-refractivity contribution in [2.75, 3.05) is 20.2 Å². The first kappa shape index (κ1) is 23.6. The molecular weight excluding hydrogens is 402 g/mol. The summed E-state index contributed by atoms with van der Waals surface area (Å²) in [5.74, 6) is -1.08. The Morgan fingerprint density at radius 1 is 1.23 bits per heavy atom. The lowest BCUT2D eigenvalue weighted by Gasteiger charge is -2.32. The Balaban J connectivity index is 2.62. The third kappa shape index (κ3) is 5.27. The quantitative estimate of drug-likeness (QED) is 0.291. The molecule has 9 heteroatoms. The maximum atomic E-state index is 14.1. The van der Waals surface area contributed by atoms with Crippen molar-refractivity contribution in [3.8, 4) is 5.75 Å². The molecule has 1 aromatic carbocycles. The predicted octanol–water partition coefficient (Wildman–Crippen LogP) is 4.53. The van der Waals surface area contributed by atoms with E-state index < -0.39 is 29.7 Å². The molecule has 0 bridgehead atoms. The zero-order valence-corrected chi connectivity index (χ0v) is 17.3. The number of pyridine rings is 1. The Morgan fingerprint density at radius 3 is 2.50 bits per heavy atom. The average Bonchev–Trinajstić information content (AvgIpc) is 2.66. The van der Waals surface area contributed by atoms with E-state index in [1.807, 2.05) is 14.0 Å². The predicted molar refractivity (Wildman–Crippen MR) is 107 cm³/mol. The number of benzene rings is 1. The second kappa shape index (κ2) is 9.42. The van der Waals surface area contributed by atoms with E-state index in [1.165, 1.54) is 24.3 Å². The Bertz CT molecular complexity index is 902. The van der Waals surface area contributed by atoms with Crippen LogP contribution in [0.5, 0.6) is 5.75 Å². The average molecular weight is 427 g/mol. The van der Waals surface area contributed by atoms with Gasteiger partial charge in [-0.15, -0.1) is 0 Å². The van der Waals surface area contributed by atoms with Gasteiger partial charge in [-0.1, -0.05) is 6.07 Å². The fourth-order valence-electron chi connectivity index (χ4n) is 2.82. The fourth-order valence-corrected chi connectivity index (χ4v) is 2.82. The Kier molecular flexibility index (Phi) is 7.41. The van der Waals surface area contributed by atoms with E-state index >= 15 is 0 Å². The van der Waals surface area contributed by atoms with Crippen LogP contribution in [0.15, 0.2) is 35.3 Å². The topological polar surface area (TPSA) is 58.0 Å². The van der Waals surface area contributed by atoms with E-state index in [4.69, 9.17) is 4.74 Å².